The average Bonchev–Trinajstić information content (AvgIpc) is 2.82. The van der Waals surface area contributed by atoms with E-state index in [0.717, 1.165) is 18.6 Å². The minimum atomic E-state index is -0.407. The van der Waals surface area contributed by atoms with Crippen LogP contribution in [0.25, 0.3) is 0 Å². The fourth-order valence-corrected chi connectivity index (χ4v) is 4.55. The Morgan fingerprint density at radius 1 is 1.38 bits per heavy atom. The van der Waals surface area contributed by atoms with Gasteiger partial charge in [0.05, 0.1) is 6.61 Å². The number of nitrogens with zero attached hydrogens (tertiary/aromatic N) is 1. The van der Waals surface area contributed by atoms with Crippen LogP contribution in [-0.2, 0) is 9.53 Å². The van der Waals surface area contributed by atoms with E-state index < -0.39 is 6.04 Å². The quantitative estimate of drug-likeness (QED) is 0.849. The number of hydrogen-bond acceptors (Lipinski definition) is 4. The number of rotatable bonds is 2. The van der Waals surface area contributed by atoms with Gasteiger partial charge in [-0.1, -0.05) is 0 Å². The van der Waals surface area contributed by atoms with Gasteiger partial charge in [0.2, 0.25) is 5.91 Å². The molecule has 2 rings (SSSR count). The van der Waals surface area contributed by atoms with Crippen molar-refractivity contribution in [2.24, 2.45) is 5.92 Å². The Morgan fingerprint density at radius 2 is 2.10 bits per heavy atom. The van der Waals surface area contributed by atoms with Crippen LogP contribution in [0.3, 0.4) is 0 Å². The van der Waals surface area contributed by atoms with Crippen molar-refractivity contribution in [2.75, 3.05) is 18.9 Å². The van der Waals surface area contributed by atoms with E-state index in [4.69, 9.17) is 4.74 Å². The zero-order chi connectivity index (χ0) is 15.6. The van der Waals surface area contributed by atoms with E-state index >= 15 is 0 Å². The van der Waals surface area contributed by atoms with E-state index in [9.17, 15) is 9.59 Å². The number of likely N-dealkylation sites (tertiary alicyclic amines) is 1. The first-order valence-electron chi connectivity index (χ1n) is 7.69. The van der Waals surface area contributed by atoms with Crippen LogP contribution < -0.4 is 5.32 Å². The Kier molecular flexibility index (Phi) is 5.07. The van der Waals surface area contributed by atoms with E-state index in [1.165, 1.54) is 0 Å². The van der Waals surface area contributed by atoms with Crippen LogP contribution >= 0.6 is 11.8 Å². The molecule has 1 N–H and O–H groups in total. The molecule has 0 aromatic carbocycles. The van der Waals surface area contributed by atoms with Gasteiger partial charge in [0.25, 0.3) is 0 Å². The third-order valence-electron chi connectivity index (χ3n) is 3.91. The molecule has 0 aliphatic carbocycles. The SMILES string of the molecule is CCOC(=O)N1CC2CCSC2CC1C(=O)NC(C)(C)C. The highest BCUT2D eigenvalue weighted by atomic mass is 32.2. The van der Waals surface area contributed by atoms with Gasteiger partial charge in [0.15, 0.2) is 0 Å². The van der Waals surface area contributed by atoms with Crippen molar-refractivity contribution in [1.29, 1.82) is 0 Å². The second-order valence-electron chi connectivity index (χ2n) is 6.80. The van der Waals surface area contributed by atoms with E-state index in [0.29, 0.717) is 24.3 Å². The fourth-order valence-electron chi connectivity index (χ4n) is 3.00. The highest BCUT2D eigenvalue weighted by Gasteiger charge is 2.44. The average molecular weight is 314 g/mol. The van der Waals surface area contributed by atoms with Crippen molar-refractivity contribution in [1.82, 2.24) is 10.2 Å². The maximum Gasteiger partial charge on any atom is 0.410 e. The Morgan fingerprint density at radius 3 is 2.71 bits per heavy atom. The fraction of sp³-hybridized carbons (Fsp3) is 0.867. The molecule has 2 aliphatic rings. The number of carbonyl (C=O) groups excluding carboxylic acids is 2. The van der Waals surface area contributed by atoms with Crippen LogP contribution in [0.15, 0.2) is 0 Å². The lowest BCUT2D eigenvalue weighted by atomic mass is 9.90. The molecule has 3 unspecified atom stereocenters. The van der Waals surface area contributed by atoms with Gasteiger partial charge in [0.1, 0.15) is 6.04 Å². The van der Waals surface area contributed by atoms with Gasteiger partial charge in [-0.2, -0.15) is 11.8 Å². The van der Waals surface area contributed by atoms with Gasteiger partial charge in [-0.25, -0.2) is 4.79 Å². The molecule has 0 bridgehead atoms. The molecule has 0 aromatic rings. The van der Waals surface area contributed by atoms with Crippen LogP contribution in [0, 0.1) is 5.92 Å². The van der Waals surface area contributed by atoms with Crippen LogP contribution in [-0.4, -0.2) is 52.6 Å². The molecular formula is C15H26N2O3S. The second-order valence-corrected chi connectivity index (χ2v) is 8.15. The summed E-state index contributed by atoms with van der Waals surface area (Å²) in [6.45, 7) is 8.63. The Hall–Kier alpha value is -0.910. The summed E-state index contributed by atoms with van der Waals surface area (Å²) in [7, 11) is 0. The Balaban J connectivity index is 2.12. The first kappa shape index (κ1) is 16.5. The molecule has 3 atom stereocenters. The number of hydrogen-bond donors (Lipinski definition) is 1. The maximum absolute atomic E-state index is 12.6. The predicted octanol–water partition coefficient (Wildman–Crippen LogP) is 2.25. The van der Waals surface area contributed by atoms with Gasteiger partial charge < -0.3 is 10.1 Å². The van der Waals surface area contributed by atoms with Gasteiger partial charge in [-0.05, 0) is 52.2 Å². The van der Waals surface area contributed by atoms with E-state index in [2.05, 4.69) is 5.32 Å². The van der Waals surface area contributed by atoms with E-state index in [1.54, 1.807) is 11.8 Å². The number of amides is 2. The smallest absolute Gasteiger partial charge is 0.410 e. The molecule has 21 heavy (non-hydrogen) atoms. The van der Waals surface area contributed by atoms with Crippen molar-refractivity contribution in [3.63, 3.8) is 0 Å². The summed E-state index contributed by atoms with van der Waals surface area (Å²) >= 11 is 1.93. The van der Waals surface area contributed by atoms with Gasteiger partial charge >= 0.3 is 6.09 Å². The summed E-state index contributed by atoms with van der Waals surface area (Å²) < 4.78 is 5.14. The Labute approximate surface area is 131 Å². The maximum atomic E-state index is 12.6. The molecule has 2 aliphatic heterocycles. The minimum Gasteiger partial charge on any atom is -0.450 e. The molecule has 0 aromatic heterocycles. The number of fused-ring (bicyclic) bond motifs is 1. The number of piperidine rings is 1. The largest absolute Gasteiger partial charge is 0.450 e. The normalized spacial score (nSPS) is 29.0. The summed E-state index contributed by atoms with van der Waals surface area (Å²) in [5, 5.41) is 3.49. The molecule has 0 radical (unpaired) electrons. The minimum absolute atomic E-state index is 0.0681. The van der Waals surface area contributed by atoms with E-state index in [1.807, 2.05) is 32.5 Å². The first-order chi connectivity index (χ1) is 9.81. The third-order valence-corrected chi connectivity index (χ3v) is 5.39. The Bertz CT molecular complexity index is 408. The summed E-state index contributed by atoms with van der Waals surface area (Å²) in [6.07, 6.45) is 1.50. The first-order valence-corrected chi connectivity index (χ1v) is 8.73. The number of carbonyl (C=O) groups is 2. The lowest BCUT2D eigenvalue weighted by molar-refractivity contribution is -0.128. The predicted molar refractivity (Wildman–Crippen MR) is 84.4 cm³/mol. The van der Waals surface area contributed by atoms with Crippen molar-refractivity contribution < 1.29 is 14.3 Å². The highest BCUT2D eigenvalue weighted by Crippen LogP contribution is 2.40. The standard InChI is InChI=1S/C15H26N2O3S/c1-5-20-14(19)17-9-10-6-7-21-12(10)8-11(17)13(18)16-15(2,3)4/h10-12H,5-9H2,1-4H3,(H,16,18). The summed E-state index contributed by atoms with van der Waals surface area (Å²) in [6, 6.07) is -0.407. The summed E-state index contributed by atoms with van der Waals surface area (Å²) in [5.41, 5.74) is -0.295. The lowest BCUT2D eigenvalue weighted by Crippen LogP contribution is -2.58. The molecule has 2 amide bonds. The van der Waals surface area contributed by atoms with Crippen LogP contribution in [0.1, 0.15) is 40.5 Å². The summed E-state index contributed by atoms with van der Waals surface area (Å²) in [5.74, 6) is 1.55. The molecule has 0 saturated carbocycles. The molecule has 2 fully saturated rings. The molecule has 120 valence electrons. The zero-order valence-corrected chi connectivity index (χ0v) is 14.2. The van der Waals surface area contributed by atoms with E-state index in [-0.39, 0.29) is 17.5 Å². The molecule has 6 heteroatoms. The number of ether oxygens (including phenoxy) is 1. The zero-order valence-electron chi connectivity index (χ0n) is 13.3. The monoisotopic (exact) mass is 314 g/mol. The van der Waals surface area contributed by atoms with Crippen molar-refractivity contribution in [2.45, 2.75) is 57.4 Å². The van der Waals surface area contributed by atoms with Gasteiger partial charge in [0, 0.05) is 17.3 Å². The van der Waals surface area contributed by atoms with Crippen LogP contribution in [0.2, 0.25) is 0 Å². The topological polar surface area (TPSA) is 58.6 Å². The highest BCUT2D eigenvalue weighted by molar-refractivity contribution is 8.00. The second kappa shape index (κ2) is 6.46. The van der Waals surface area contributed by atoms with Gasteiger partial charge in [-0.3, -0.25) is 9.69 Å². The molecule has 5 nitrogen and oxygen atoms in total. The summed E-state index contributed by atoms with van der Waals surface area (Å²) in [4.78, 5) is 26.4. The molecular weight excluding hydrogens is 288 g/mol. The molecule has 2 heterocycles. The molecule has 0 spiro atoms. The molecule has 2 saturated heterocycles. The lowest BCUT2D eigenvalue weighted by Gasteiger charge is -2.40. The van der Waals surface area contributed by atoms with Crippen molar-refractivity contribution >= 4 is 23.8 Å². The number of nitrogens with one attached hydrogen (secondary N) is 1. The third kappa shape index (κ3) is 4.05. The van der Waals surface area contributed by atoms with Gasteiger partial charge in [-0.15, -0.1) is 0 Å². The number of thioether (sulfide) groups is 1. The van der Waals surface area contributed by atoms with Crippen molar-refractivity contribution in [3.8, 4) is 0 Å². The van der Waals surface area contributed by atoms with Crippen molar-refractivity contribution in [3.05, 3.63) is 0 Å². The van der Waals surface area contributed by atoms with Crippen LogP contribution in [0.5, 0.6) is 0 Å². The van der Waals surface area contributed by atoms with Crippen LogP contribution in [0.4, 0.5) is 4.79 Å².